The molecule has 0 saturated carbocycles. The van der Waals surface area contributed by atoms with Crippen molar-refractivity contribution in [3.05, 3.63) is 160 Å². The molecule has 0 atom stereocenters. The lowest BCUT2D eigenvalue weighted by molar-refractivity contribution is -0.132. The highest BCUT2D eigenvalue weighted by Gasteiger charge is 2.10. The fourth-order valence-corrected chi connectivity index (χ4v) is 3.20. The third-order valence-electron chi connectivity index (χ3n) is 5.24. The topological polar surface area (TPSA) is 168 Å². The SMILES string of the molecule is C=CC(=O)O.C=CC(=O)O.C=CC(=O)O.C=CC(=O)O.CCOc1ccccc1-c1ccccc1OCC.c1ccc(-c2ccccc2)cc1. The quantitative estimate of drug-likeness (QED) is 0.119. The van der Waals surface area contributed by atoms with Crippen LogP contribution in [-0.4, -0.2) is 57.5 Å². The minimum absolute atomic E-state index is 0.661. The molecule has 0 spiro atoms. The van der Waals surface area contributed by atoms with Crippen LogP contribution in [-0.2, 0) is 19.2 Å². The molecular formula is C40H44O10. The molecule has 0 heterocycles. The summed E-state index contributed by atoms with van der Waals surface area (Å²) in [4.78, 5) is 37.0. The second-order valence-corrected chi connectivity index (χ2v) is 8.76. The molecule has 4 aromatic rings. The average molecular weight is 685 g/mol. The molecular weight excluding hydrogens is 640 g/mol. The number of carboxylic acid groups (broad SMARTS) is 4. The zero-order valence-electron chi connectivity index (χ0n) is 28.2. The average Bonchev–Trinajstić information content (AvgIpc) is 3.14. The minimum atomic E-state index is -0.981. The first kappa shape index (κ1) is 45.4. The number of ether oxygens (including phenoxy) is 2. The molecule has 0 aliphatic carbocycles. The number of benzene rings is 4. The molecule has 10 heteroatoms. The van der Waals surface area contributed by atoms with E-state index in [0.29, 0.717) is 13.2 Å². The van der Waals surface area contributed by atoms with E-state index >= 15 is 0 Å². The monoisotopic (exact) mass is 684 g/mol. The summed E-state index contributed by atoms with van der Waals surface area (Å²) >= 11 is 0. The van der Waals surface area contributed by atoms with Crippen molar-refractivity contribution < 1.29 is 49.1 Å². The van der Waals surface area contributed by atoms with Crippen LogP contribution in [0.3, 0.4) is 0 Å². The normalized spacial score (nSPS) is 8.52. The summed E-state index contributed by atoms with van der Waals surface area (Å²) in [5, 5.41) is 30.4. The van der Waals surface area contributed by atoms with Gasteiger partial charge in [-0.15, -0.1) is 0 Å². The first-order valence-corrected chi connectivity index (χ1v) is 14.9. The molecule has 0 unspecified atom stereocenters. The van der Waals surface area contributed by atoms with Gasteiger partial charge >= 0.3 is 23.9 Å². The molecule has 0 aliphatic rings. The van der Waals surface area contributed by atoms with Gasteiger partial charge in [0.15, 0.2) is 0 Å². The van der Waals surface area contributed by atoms with Gasteiger partial charge in [-0.1, -0.05) is 123 Å². The lowest BCUT2D eigenvalue weighted by Gasteiger charge is -2.13. The molecule has 0 aliphatic heterocycles. The van der Waals surface area contributed by atoms with Gasteiger partial charge in [-0.05, 0) is 37.1 Å². The van der Waals surface area contributed by atoms with E-state index in [9.17, 15) is 19.2 Å². The first-order valence-electron chi connectivity index (χ1n) is 14.9. The summed E-state index contributed by atoms with van der Waals surface area (Å²) in [5.41, 5.74) is 4.70. The van der Waals surface area contributed by atoms with Crippen molar-refractivity contribution in [2.45, 2.75) is 13.8 Å². The fraction of sp³-hybridized carbons (Fsp3) is 0.100. The smallest absolute Gasteiger partial charge is 0.327 e. The Morgan fingerprint density at radius 3 is 0.900 bits per heavy atom. The van der Waals surface area contributed by atoms with E-state index in [1.807, 2.05) is 62.4 Å². The number of aliphatic carboxylic acids is 4. The second kappa shape index (κ2) is 29.7. The fourth-order valence-electron chi connectivity index (χ4n) is 3.20. The van der Waals surface area contributed by atoms with E-state index in [0.717, 1.165) is 46.9 Å². The van der Waals surface area contributed by atoms with Crippen LogP contribution in [0.5, 0.6) is 11.5 Å². The largest absolute Gasteiger partial charge is 0.493 e. The number of para-hydroxylation sites is 2. The first-order chi connectivity index (χ1) is 23.9. The molecule has 0 bridgehead atoms. The predicted molar refractivity (Wildman–Crippen MR) is 197 cm³/mol. The summed E-state index contributed by atoms with van der Waals surface area (Å²) in [6, 6.07) is 36.9. The maximum atomic E-state index is 9.25. The summed E-state index contributed by atoms with van der Waals surface area (Å²) < 4.78 is 11.3. The van der Waals surface area contributed by atoms with Gasteiger partial charge in [0.2, 0.25) is 0 Å². The van der Waals surface area contributed by atoms with Crippen LogP contribution >= 0.6 is 0 Å². The van der Waals surface area contributed by atoms with Crippen LogP contribution in [0.15, 0.2) is 160 Å². The Morgan fingerprint density at radius 2 is 0.680 bits per heavy atom. The van der Waals surface area contributed by atoms with Gasteiger partial charge in [-0.25, -0.2) is 19.2 Å². The van der Waals surface area contributed by atoms with E-state index in [4.69, 9.17) is 29.9 Å². The number of rotatable bonds is 10. The highest BCUT2D eigenvalue weighted by Crippen LogP contribution is 2.36. The molecule has 0 fully saturated rings. The molecule has 264 valence electrons. The van der Waals surface area contributed by atoms with Crippen molar-refractivity contribution in [3.63, 3.8) is 0 Å². The number of hydrogen-bond donors (Lipinski definition) is 4. The molecule has 0 saturated heterocycles. The van der Waals surface area contributed by atoms with Gasteiger partial charge in [0.05, 0.1) is 13.2 Å². The van der Waals surface area contributed by atoms with Crippen molar-refractivity contribution in [1.29, 1.82) is 0 Å². The van der Waals surface area contributed by atoms with E-state index in [1.54, 1.807) is 0 Å². The summed E-state index contributed by atoms with van der Waals surface area (Å²) in [5.74, 6) is -2.13. The zero-order chi connectivity index (χ0) is 38.2. The van der Waals surface area contributed by atoms with Crippen LogP contribution in [0.25, 0.3) is 22.3 Å². The molecule has 0 amide bonds. The highest BCUT2D eigenvalue weighted by atomic mass is 16.5. The van der Waals surface area contributed by atoms with Gasteiger partial charge in [-0.3, -0.25) is 0 Å². The highest BCUT2D eigenvalue weighted by molar-refractivity contribution is 5.80. The van der Waals surface area contributed by atoms with Gasteiger partial charge in [0.25, 0.3) is 0 Å². The number of carbonyl (C=O) groups is 4. The van der Waals surface area contributed by atoms with Gasteiger partial charge in [0, 0.05) is 35.4 Å². The summed E-state index contributed by atoms with van der Waals surface area (Å²) in [6.07, 6.45) is 3.33. The summed E-state index contributed by atoms with van der Waals surface area (Å²) in [7, 11) is 0. The van der Waals surface area contributed by atoms with E-state index in [1.165, 1.54) is 11.1 Å². The Balaban J connectivity index is 0. The number of carboxylic acids is 4. The van der Waals surface area contributed by atoms with Crippen LogP contribution in [0.1, 0.15) is 13.8 Å². The zero-order valence-corrected chi connectivity index (χ0v) is 28.2. The minimum Gasteiger partial charge on any atom is -0.493 e. The Morgan fingerprint density at radius 1 is 0.460 bits per heavy atom. The summed E-state index contributed by atoms with van der Waals surface area (Å²) in [6.45, 7) is 17.1. The Hall–Kier alpha value is -6.68. The van der Waals surface area contributed by atoms with E-state index in [2.05, 4.69) is 87.0 Å². The third-order valence-corrected chi connectivity index (χ3v) is 5.24. The van der Waals surface area contributed by atoms with Crippen LogP contribution < -0.4 is 9.47 Å². The Kier molecular flexibility index (Phi) is 27.0. The Bertz CT molecular complexity index is 1440. The standard InChI is InChI=1S/C16H18O2.C12H10.4C3H4O2/c1-3-17-15-11-7-5-9-13(15)14-10-6-8-12-16(14)18-4-2;1-3-7-11(8-4-1)12-9-5-2-6-10-12;4*1-2-3(4)5/h5-12H,3-4H2,1-2H3;1-10H;4*2H,1H2,(H,4,5). The second-order valence-electron chi connectivity index (χ2n) is 8.76. The van der Waals surface area contributed by atoms with Crippen molar-refractivity contribution in [1.82, 2.24) is 0 Å². The lowest BCUT2D eigenvalue weighted by Crippen LogP contribution is -1.97. The molecule has 10 nitrogen and oxygen atoms in total. The molecule has 4 rings (SSSR count). The van der Waals surface area contributed by atoms with Crippen molar-refractivity contribution >= 4 is 23.9 Å². The van der Waals surface area contributed by atoms with Crippen LogP contribution in [0, 0.1) is 0 Å². The van der Waals surface area contributed by atoms with Crippen molar-refractivity contribution in [2.24, 2.45) is 0 Å². The molecule has 0 radical (unpaired) electrons. The van der Waals surface area contributed by atoms with Gasteiger partial charge < -0.3 is 29.9 Å². The molecule has 4 aromatic carbocycles. The van der Waals surface area contributed by atoms with Crippen LogP contribution in [0.2, 0.25) is 0 Å². The van der Waals surface area contributed by atoms with Gasteiger partial charge in [0.1, 0.15) is 11.5 Å². The number of hydrogen-bond acceptors (Lipinski definition) is 6. The van der Waals surface area contributed by atoms with E-state index < -0.39 is 23.9 Å². The maximum Gasteiger partial charge on any atom is 0.327 e. The van der Waals surface area contributed by atoms with Crippen molar-refractivity contribution in [2.75, 3.05) is 13.2 Å². The van der Waals surface area contributed by atoms with Crippen molar-refractivity contribution in [3.8, 4) is 33.8 Å². The molecule has 50 heavy (non-hydrogen) atoms. The molecule has 0 aromatic heterocycles. The van der Waals surface area contributed by atoms with Crippen LogP contribution in [0.4, 0.5) is 0 Å². The predicted octanol–water partition coefficient (Wildman–Crippen LogP) is 8.53. The molecule has 4 N–H and O–H groups in total. The lowest BCUT2D eigenvalue weighted by atomic mass is 10.0. The third kappa shape index (κ3) is 23.6. The van der Waals surface area contributed by atoms with Gasteiger partial charge in [-0.2, -0.15) is 0 Å². The Labute approximate surface area is 293 Å². The van der Waals surface area contributed by atoms with E-state index in [-0.39, 0.29) is 0 Å². The maximum absolute atomic E-state index is 9.25.